The summed E-state index contributed by atoms with van der Waals surface area (Å²) in [4.78, 5) is 11.9. The summed E-state index contributed by atoms with van der Waals surface area (Å²) in [5.41, 5.74) is 2.36. The van der Waals surface area contributed by atoms with Crippen LogP contribution in [0.15, 0.2) is 24.9 Å². The number of hydrazine groups is 1. The van der Waals surface area contributed by atoms with Crippen molar-refractivity contribution in [1.82, 2.24) is 19.5 Å². The Hall–Kier alpha value is -1.86. The maximum Gasteiger partial charge on any atom is 0.239 e. The summed E-state index contributed by atoms with van der Waals surface area (Å²) in [6, 6.07) is 0. The molecule has 0 atom stereocenters. The van der Waals surface area contributed by atoms with Crippen LogP contribution in [-0.4, -0.2) is 26.1 Å². The summed E-state index contributed by atoms with van der Waals surface area (Å²) in [5.74, 6) is 6.09. The van der Waals surface area contributed by atoms with Crippen molar-refractivity contribution < 1.29 is 0 Å². The van der Waals surface area contributed by atoms with Crippen molar-refractivity contribution in [2.45, 2.75) is 6.54 Å². The minimum atomic E-state index is 0.319. The van der Waals surface area contributed by atoms with Crippen LogP contribution in [0, 0.1) is 0 Å². The summed E-state index contributed by atoms with van der Waals surface area (Å²) in [5, 5.41) is 3.55. The Morgan fingerprint density at radius 3 is 3.06 bits per heavy atom. The third kappa shape index (κ3) is 3.05. The molecule has 4 N–H and O–H groups in total. The average molecular weight is 254 g/mol. The number of imidazole rings is 1. The molecule has 0 radical (unpaired) electrons. The van der Waals surface area contributed by atoms with Crippen LogP contribution in [0.1, 0.15) is 0 Å². The van der Waals surface area contributed by atoms with Crippen molar-refractivity contribution in [3.8, 4) is 0 Å². The van der Waals surface area contributed by atoms with Crippen LogP contribution < -0.4 is 16.6 Å². The van der Waals surface area contributed by atoms with E-state index in [2.05, 4.69) is 25.7 Å². The summed E-state index contributed by atoms with van der Waals surface area (Å²) in [6.45, 7) is 1.45. The predicted molar refractivity (Wildman–Crippen MR) is 65.6 cm³/mol. The molecule has 0 saturated heterocycles. The molecule has 2 aromatic rings. The molecule has 2 rings (SSSR count). The monoisotopic (exact) mass is 253 g/mol. The lowest BCUT2D eigenvalue weighted by Gasteiger charge is -2.08. The van der Waals surface area contributed by atoms with E-state index in [1.165, 1.54) is 6.20 Å². The smallest absolute Gasteiger partial charge is 0.239 e. The number of rotatable bonds is 5. The van der Waals surface area contributed by atoms with Gasteiger partial charge >= 0.3 is 0 Å². The molecule has 90 valence electrons. The zero-order chi connectivity index (χ0) is 12.1. The Balaban J connectivity index is 1.94. The van der Waals surface area contributed by atoms with Crippen LogP contribution >= 0.6 is 11.6 Å². The van der Waals surface area contributed by atoms with Gasteiger partial charge in [-0.05, 0) is 0 Å². The van der Waals surface area contributed by atoms with E-state index in [-0.39, 0.29) is 0 Å². The molecule has 0 aliphatic carbocycles. The first-order chi connectivity index (χ1) is 8.29. The molecule has 0 bridgehead atoms. The molecule has 0 saturated carbocycles. The Morgan fingerprint density at radius 1 is 1.47 bits per heavy atom. The standard InChI is InChI=1S/C9H12ClN7/c10-7-5-14-9(16-11)15-8(7)13-2-4-17-3-1-12-6-17/h1,3,5-6H,2,4,11H2,(H2,13,14,15,16). The second-order valence-corrected chi connectivity index (χ2v) is 3.67. The average Bonchev–Trinajstić information content (AvgIpc) is 2.84. The van der Waals surface area contributed by atoms with E-state index in [0.717, 1.165) is 6.54 Å². The maximum atomic E-state index is 5.94. The molecular weight excluding hydrogens is 242 g/mol. The fourth-order valence-electron chi connectivity index (χ4n) is 1.28. The van der Waals surface area contributed by atoms with Gasteiger partial charge in [-0.2, -0.15) is 4.98 Å². The van der Waals surface area contributed by atoms with Gasteiger partial charge < -0.3 is 9.88 Å². The normalized spacial score (nSPS) is 10.2. The van der Waals surface area contributed by atoms with Gasteiger partial charge in [0.05, 0.1) is 12.5 Å². The molecule has 0 fully saturated rings. The minimum absolute atomic E-state index is 0.319. The first kappa shape index (κ1) is 11.6. The predicted octanol–water partition coefficient (Wildman–Crippen LogP) is 0.724. The van der Waals surface area contributed by atoms with Gasteiger partial charge in [-0.15, -0.1) is 0 Å². The molecule has 2 heterocycles. The van der Waals surface area contributed by atoms with Crippen molar-refractivity contribution in [2.24, 2.45) is 5.84 Å². The largest absolute Gasteiger partial charge is 0.367 e. The highest BCUT2D eigenvalue weighted by Gasteiger charge is 2.03. The van der Waals surface area contributed by atoms with E-state index in [1.807, 2.05) is 10.8 Å². The topological polar surface area (TPSA) is 93.7 Å². The van der Waals surface area contributed by atoms with Crippen molar-refractivity contribution in [1.29, 1.82) is 0 Å². The van der Waals surface area contributed by atoms with Gasteiger partial charge in [0.2, 0.25) is 5.95 Å². The lowest BCUT2D eigenvalue weighted by molar-refractivity contribution is 0.725. The number of hydrogen-bond acceptors (Lipinski definition) is 6. The van der Waals surface area contributed by atoms with Crippen molar-refractivity contribution >= 4 is 23.4 Å². The maximum absolute atomic E-state index is 5.94. The Morgan fingerprint density at radius 2 is 2.35 bits per heavy atom. The number of nitrogens with zero attached hydrogens (tertiary/aromatic N) is 4. The zero-order valence-electron chi connectivity index (χ0n) is 8.97. The first-order valence-electron chi connectivity index (χ1n) is 4.98. The van der Waals surface area contributed by atoms with Crippen molar-refractivity contribution in [3.63, 3.8) is 0 Å². The highest BCUT2D eigenvalue weighted by atomic mass is 35.5. The molecule has 0 unspecified atom stereocenters. The van der Waals surface area contributed by atoms with E-state index < -0.39 is 0 Å². The van der Waals surface area contributed by atoms with Gasteiger partial charge in [-0.1, -0.05) is 11.6 Å². The number of nitrogen functional groups attached to an aromatic ring is 1. The summed E-state index contributed by atoms with van der Waals surface area (Å²) in [6.07, 6.45) is 6.85. The van der Waals surface area contributed by atoms with Gasteiger partial charge in [0, 0.05) is 25.5 Å². The summed E-state index contributed by atoms with van der Waals surface area (Å²) in [7, 11) is 0. The molecule has 8 heteroatoms. The highest BCUT2D eigenvalue weighted by Crippen LogP contribution is 2.18. The van der Waals surface area contributed by atoms with Gasteiger partial charge in [0.15, 0.2) is 5.82 Å². The van der Waals surface area contributed by atoms with E-state index >= 15 is 0 Å². The van der Waals surface area contributed by atoms with Gasteiger partial charge in [0.1, 0.15) is 5.02 Å². The van der Waals surface area contributed by atoms with E-state index in [0.29, 0.717) is 23.3 Å². The number of nitrogens with two attached hydrogens (primary N) is 1. The molecule has 0 aliphatic heterocycles. The molecular formula is C9H12ClN7. The zero-order valence-corrected chi connectivity index (χ0v) is 9.72. The van der Waals surface area contributed by atoms with E-state index in [9.17, 15) is 0 Å². The number of nitrogens with one attached hydrogen (secondary N) is 2. The SMILES string of the molecule is NNc1ncc(Cl)c(NCCn2ccnc2)n1. The molecule has 0 amide bonds. The third-order valence-electron chi connectivity index (χ3n) is 2.09. The minimum Gasteiger partial charge on any atom is -0.367 e. The van der Waals surface area contributed by atoms with Crippen molar-refractivity contribution in [2.75, 3.05) is 17.3 Å². The fourth-order valence-corrected chi connectivity index (χ4v) is 1.44. The summed E-state index contributed by atoms with van der Waals surface area (Å²) < 4.78 is 1.95. The van der Waals surface area contributed by atoms with Crippen LogP contribution in [0.2, 0.25) is 5.02 Å². The van der Waals surface area contributed by atoms with Crippen LogP contribution in [0.3, 0.4) is 0 Å². The quantitative estimate of drug-likeness (QED) is 0.537. The second kappa shape index (κ2) is 5.46. The number of hydrogen-bond donors (Lipinski definition) is 3. The Labute approximate surface area is 103 Å². The van der Waals surface area contributed by atoms with Gasteiger partial charge in [-0.25, -0.2) is 15.8 Å². The van der Waals surface area contributed by atoms with E-state index in [1.54, 1.807) is 12.5 Å². The lowest BCUT2D eigenvalue weighted by Crippen LogP contribution is -2.14. The molecule has 0 aliphatic rings. The third-order valence-corrected chi connectivity index (χ3v) is 2.37. The number of aromatic nitrogens is 4. The summed E-state index contributed by atoms with van der Waals surface area (Å²) >= 11 is 5.94. The van der Waals surface area contributed by atoms with E-state index in [4.69, 9.17) is 17.4 Å². The van der Waals surface area contributed by atoms with Crippen molar-refractivity contribution in [3.05, 3.63) is 29.9 Å². The molecule has 0 spiro atoms. The second-order valence-electron chi connectivity index (χ2n) is 3.26. The van der Waals surface area contributed by atoms with Crippen LogP contribution in [0.4, 0.5) is 11.8 Å². The van der Waals surface area contributed by atoms with Gasteiger partial charge in [-0.3, -0.25) is 5.43 Å². The fraction of sp³-hybridized carbons (Fsp3) is 0.222. The van der Waals surface area contributed by atoms with Crippen LogP contribution in [-0.2, 0) is 6.54 Å². The molecule has 2 aromatic heterocycles. The van der Waals surface area contributed by atoms with Crippen LogP contribution in [0.5, 0.6) is 0 Å². The molecule has 0 aromatic carbocycles. The first-order valence-corrected chi connectivity index (χ1v) is 5.36. The highest BCUT2D eigenvalue weighted by molar-refractivity contribution is 6.32. The number of halogens is 1. The number of anilines is 2. The Bertz CT molecular complexity index is 470. The molecule has 17 heavy (non-hydrogen) atoms. The lowest BCUT2D eigenvalue weighted by atomic mass is 10.5. The van der Waals surface area contributed by atoms with Crippen LogP contribution in [0.25, 0.3) is 0 Å². The van der Waals surface area contributed by atoms with Gasteiger partial charge in [0.25, 0.3) is 0 Å². The Kier molecular flexibility index (Phi) is 3.73. The molecule has 7 nitrogen and oxygen atoms in total.